The fourth-order valence-electron chi connectivity index (χ4n) is 3.89. The summed E-state index contributed by atoms with van der Waals surface area (Å²) in [5.74, 6) is 1.54. The lowest BCUT2D eigenvalue weighted by Gasteiger charge is -2.25. The number of hydrogen-bond acceptors (Lipinski definition) is 6. The van der Waals surface area contributed by atoms with Crippen molar-refractivity contribution >= 4 is 11.8 Å². The summed E-state index contributed by atoms with van der Waals surface area (Å²) in [6.07, 6.45) is 1.34. The molecule has 8 nitrogen and oxygen atoms in total. The van der Waals surface area contributed by atoms with Crippen LogP contribution in [0.3, 0.4) is 0 Å². The van der Waals surface area contributed by atoms with Crippen LogP contribution in [0.4, 0.5) is 0 Å². The van der Waals surface area contributed by atoms with E-state index in [4.69, 9.17) is 18.9 Å². The van der Waals surface area contributed by atoms with Crippen LogP contribution in [-0.2, 0) is 11.3 Å². The van der Waals surface area contributed by atoms with Crippen molar-refractivity contribution in [2.24, 2.45) is 0 Å². The highest BCUT2D eigenvalue weighted by Crippen LogP contribution is 2.33. The lowest BCUT2D eigenvalue weighted by Crippen LogP contribution is -2.45. The van der Waals surface area contributed by atoms with Crippen molar-refractivity contribution < 1.29 is 28.5 Å². The molecule has 2 aromatic carbocycles. The minimum Gasteiger partial charge on any atom is -0.493 e. The molecule has 2 amide bonds. The topological polar surface area (TPSA) is 86.3 Å². The van der Waals surface area contributed by atoms with Crippen LogP contribution in [0.25, 0.3) is 0 Å². The number of likely N-dealkylation sites (tertiary alicyclic amines) is 1. The first kappa shape index (κ1) is 22.3. The summed E-state index contributed by atoms with van der Waals surface area (Å²) in [4.78, 5) is 27.8. The molecule has 0 spiro atoms. The summed E-state index contributed by atoms with van der Waals surface area (Å²) in [6, 6.07) is 10.1. The first-order valence-electron chi connectivity index (χ1n) is 10.0. The second-order valence-corrected chi connectivity index (χ2v) is 7.07. The number of hydrogen-bond donors (Lipinski definition) is 1. The molecule has 0 bridgehead atoms. The van der Waals surface area contributed by atoms with E-state index in [9.17, 15) is 9.59 Å². The molecule has 166 valence electrons. The van der Waals surface area contributed by atoms with Gasteiger partial charge in [-0.1, -0.05) is 18.2 Å². The number of nitrogens with zero attached hydrogens (tertiary/aromatic N) is 1. The van der Waals surface area contributed by atoms with Gasteiger partial charge in [-0.3, -0.25) is 9.59 Å². The molecular weight excluding hydrogens is 400 g/mol. The van der Waals surface area contributed by atoms with Gasteiger partial charge in [0, 0.05) is 18.7 Å². The maximum Gasteiger partial charge on any atom is 0.258 e. The number of benzene rings is 2. The molecule has 1 aliphatic rings. The third-order valence-corrected chi connectivity index (χ3v) is 5.39. The van der Waals surface area contributed by atoms with Gasteiger partial charge in [0.25, 0.3) is 5.91 Å². The fraction of sp³-hybridized carbons (Fsp3) is 0.391. The van der Waals surface area contributed by atoms with Crippen molar-refractivity contribution in [3.05, 3.63) is 47.5 Å². The molecule has 0 unspecified atom stereocenters. The smallest absolute Gasteiger partial charge is 0.258 e. The largest absolute Gasteiger partial charge is 0.493 e. The summed E-state index contributed by atoms with van der Waals surface area (Å²) in [5.41, 5.74) is 1.16. The van der Waals surface area contributed by atoms with Gasteiger partial charge in [0.2, 0.25) is 5.91 Å². The fourth-order valence-corrected chi connectivity index (χ4v) is 3.89. The van der Waals surface area contributed by atoms with Gasteiger partial charge in [-0.15, -0.1) is 0 Å². The Bertz CT molecular complexity index is 946. The molecule has 31 heavy (non-hydrogen) atoms. The Kier molecular flexibility index (Phi) is 7.23. The van der Waals surface area contributed by atoms with E-state index in [2.05, 4.69) is 5.32 Å². The zero-order valence-electron chi connectivity index (χ0n) is 18.3. The maximum atomic E-state index is 13.2. The third kappa shape index (κ3) is 4.52. The Morgan fingerprint density at radius 3 is 2.23 bits per heavy atom. The molecule has 1 saturated heterocycles. The van der Waals surface area contributed by atoms with Crippen LogP contribution >= 0.6 is 0 Å². The number of rotatable bonds is 8. The van der Waals surface area contributed by atoms with Crippen LogP contribution in [0.2, 0.25) is 0 Å². The summed E-state index contributed by atoms with van der Waals surface area (Å²) < 4.78 is 21.4. The van der Waals surface area contributed by atoms with Crippen molar-refractivity contribution in [2.75, 3.05) is 35.0 Å². The standard InChI is InChI=1S/C23H28N2O6/c1-28-18-11-5-8-15(20(18)30-3)14-24-22(26)17-10-7-13-25(17)23(27)16-9-6-12-19(29-2)21(16)31-4/h5-6,8-9,11-12,17H,7,10,13-14H2,1-4H3,(H,24,26)/t17-/m0/s1. The Hall–Kier alpha value is -3.42. The van der Waals surface area contributed by atoms with E-state index in [1.54, 1.807) is 43.4 Å². The van der Waals surface area contributed by atoms with Crippen molar-refractivity contribution in [1.29, 1.82) is 0 Å². The van der Waals surface area contributed by atoms with Crippen molar-refractivity contribution in [3.8, 4) is 23.0 Å². The van der Waals surface area contributed by atoms with Gasteiger partial charge < -0.3 is 29.2 Å². The monoisotopic (exact) mass is 428 g/mol. The molecule has 0 radical (unpaired) electrons. The Morgan fingerprint density at radius 2 is 1.58 bits per heavy atom. The first-order chi connectivity index (χ1) is 15.0. The molecule has 3 rings (SSSR count). The van der Waals surface area contributed by atoms with Gasteiger partial charge in [0.05, 0.1) is 34.0 Å². The maximum absolute atomic E-state index is 13.2. The van der Waals surface area contributed by atoms with Crippen molar-refractivity contribution in [1.82, 2.24) is 10.2 Å². The van der Waals surface area contributed by atoms with Gasteiger partial charge in [-0.25, -0.2) is 0 Å². The van der Waals surface area contributed by atoms with Crippen LogP contribution in [0.5, 0.6) is 23.0 Å². The second kappa shape index (κ2) is 10.1. The zero-order chi connectivity index (χ0) is 22.4. The minimum atomic E-state index is -0.556. The van der Waals surface area contributed by atoms with Crippen LogP contribution < -0.4 is 24.3 Å². The van der Waals surface area contributed by atoms with Gasteiger partial charge in [-0.05, 0) is 31.0 Å². The molecule has 1 fully saturated rings. The molecule has 8 heteroatoms. The highest BCUT2D eigenvalue weighted by atomic mass is 16.5. The van der Waals surface area contributed by atoms with E-state index < -0.39 is 6.04 Å². The third-order valence-electron chi connectivity index (χ3n) is 5.39. The van der Waals surface area contributed by atoms with E-state index in [0.29, 0.717) is 41.5 Å². The van der Waals surface area contributed by atoms with E-state index >= 15 is 0 Å². The number of ether oxygens (including phenoxy) is 4. The number of amides is 2. The number of carbonyl (C=O) groups is 2. The Balaban J connectivity index is 1.75. The van der Waals surface area contributed by atoms with E-state index in [-0.39, 0.29) is 18.4 Å². The molecule has 0 aromatic heterocycles. The number of methoxy groups -OCH3 is 4. The Morgan fingerprint density at radius 1 is 0.935 bits per heavy atom. The highest BCUT2D eigenvalue weighted by molar-refractivity contribution is 6.00. The predicted molar refractivity (Wildman–Crippen MR) is 115 cm³/mol. The van der Waals surface area contributed by atoms with Crippen LogP contribution in [-0.4, -0.2) is 57.7 Å². The van der Waals surface area contributed by atoms with Gasteiger partial charge in [-0.2, -0.15) is 0 Å². The van der Waals surface area contributed by atoms with Crippen molar-refractivity contribution in [2.45, 2.75) is 25.4 Å². The summed E-state index contributed by atoms with van der Waals surface area (Å²) in [6.45, 7) is 0.764. The predicted octanol–water partition coefficient (Wildman–Crippen LogP) is 2.64. The lowest BCUT2D eigenvalue weighted by atomic mass is 10.1. The summed E-state index contributed by atoms with van der Waals surface area (Å²) in [7, 11) is 6.13. The van der Waals surface area contributed by atoms with Crippen molar-refractivity contribution in [3.63, 3.8) is 0 Å². The van der Waals surface area contributed by atoms with Crippen LogP contribution in [0, 0.1) is 0 Å². The number of para-hydroxylation sites is 2. The average Bonchev–Trinajstić information content (AvgIpc) is 3.31. The molecule has 1 heterocycles. The molecular formula is C23H28N2O6. The van der Waals surface area contributed by atoms with Gasteiger partial charge in [0.1, 0.15) is 6.04 Å². The molecule has 1 atom stereocenters. The zero-order valence-corrected chi connectivity index (χ0v) is 18.3. The Labute approximate surface area is 182 Å². The highest BCUT2D eigenvalue weighted by Gasteiger charge is 2.36. The lowest BCUT2D eigenvalue weighted by molar-refractivity contribution is -0.125. The van der Waals surface area contributed by atoms with Gasteiger partial charge >= 0.3 is 0 Å². The number of nitrogens with one attached hydrogen (secondary N) is 1. The second-order valence-electron chi connectivity index (χ2n) is 7.07. The summed E-state index contributed by atoms with van der Waals surface area (Å²) >= 11 is 0. The summed E-state index contributed by atoms with van der Waals surface area (Å²) in [5, 5.41) is 2.93. The van der Waals surface area contributed by atoms with Gasteiger partial charge in [0.15, 0.2) is 23.0 Å². The van der Waals surface area contributed by atoms with E-state index in [0.717, 1.165) is 12.0 Å². The molecule has 1 N–H and O–H groups in total. The minimum absolute atomic E-state index is 0.211. The average molecular weight is 428 g/mol. The SMILES string of the molecule is COc1cccc(CNC(=O)[C@@H]2CCCN2C(=O)c2cccc(OC)c2OC)c1OC. The molecule has 0 aliphatic carbocycles. The first-order valence-corrected chi connectivity index (χ1v) is 10.0. The van der Waals surface area contributed by atoms with Crippen LogP contribution in [0.15, 0.2) is 36.4 Å². The van der Waals surface area contributed by atoms with E-state index in [1.807, 2.05) is 12.1 Å². The van der Waals surface area contributed by atoms with E-state index in [1.165, 1.54) is 14.2 Å². The normalized spacial score (nSPS) is 15.4. The quantitative estimate of drug-likeness (QED) is 0.696. The number of carbonyl (C=O) groups excluding carboxylic acids is 2. The molecule has 1 aliphatic heterocycles. The van der Waals surface area contributed by atoms with Crippen LogP contribution in [0.1, 0.15) is 28.8 Å². The molecule has 2 aromatic rings. The molecule has 0 saturated carbocycles.